The maximum absolute atomic E-state index is 11.1. The van der Waals surface area contributed by atoms with Gasteiger partial charge in [0.25, 0.3) is 12.9 Å². The van der Waals surface area contributed by atoms with E-state index in [0.29, 0.717) is 32.2 Å². The van der Waals surface area contributed by atoms with Gasteiger partial charge >= 0.3 is 14.0 Å². The van der Waals surface area contributed by atoms with Crippen LogP contribution < -0.4 is 0 Å². The first kappa shape index (κ1) is 27.4. The van der Waals surface area contributed by atoms with E-state index in [-0.39, 0.29) is 12.6 Å². The average molecular weight is 384 g/mol. The summed E-state index contributed by atoms with van der Waals surface area (Å²) in [6.45, 7) is 4.60. The van der Waals surface area contributed by atoms with Gasteiger partial charge in [-0.15, -0.1) is 0 Å². The standard InChI is InChI=1S/C11H16O4.C6H16N2.CHBO2/c1-11(10(13)14)6-3-2-4-9(5-7-11)15-8-12;1-7(2)5-6-8(3)4;2-4-1-3/h2,4,8-9H,3,5-7H2,1H3,(H,13,14);5-6H2,1-4H3;1H/b4-2+;;. The van der Waals surface area contributed by atoms with Crippen molar-refractivity contribution in [3.8, 4) is 0 Å². The Hall–Kier alpha value is -1.87. The zero-order valence-corrected chi connectivity index (χ0v) is 17.1. The Bertz CT molecular complexity index is 438. The number of hydrogen-bond donors (Lipinski definition) is 1. The molecule has 0 aliphatic heterocycles. The van der Waals surface area contributed by atoms with Gasteiger partial charge in [0, 0.05) is 13.1 Å². The number of likely N-dealkylation sites (N-methyl/N-ethyl adjacent to an activating group) is 2. The Morgan fingerprint density at radius 3 is 2.07 bits per heavy atom. The normalized spacial score (nSPS) is 22.7. The summed E-state index contributed by atoms with van der Waals surface area (Å²) in [5, 5.41) is 9.10. The Morgan fingerprint density at radius 2 is 1.70 bits per heavy atom. The number of aliphatic carboxylic acids is 1. The van der Waals surface area contributed by atoms with E-state index in [0.717, 1.165) is 13.1 Å². The van der Waals surface area contributed by atoms with Gasteiger partial charge in [0.05, 0.1) is 5.41 Å². The van der Waals surface area contributed by atoms with Crippen LogP contribution in [0.15, 0.2) is 12.2 Å². The number of carboxylic acids is 1. The van der Waals surface area contributed by atoms with E-state index in [4.69, 9.17) is 14.6 Å². The van der Waals surface area contributed by atoms with Crippen molar-refractivity contribution in [1.82, 2.24) is 9.80 Å². The number of hydrogen-bond acceptors (Lipinski definition) is 7. The van der Waals surface area contributed by atoms with Crippen molar-refractivity contribution in [2.24, 2.45) is 5.41 Å². The molecule has 0 bridgehead atoms. The fourth-order valence-corrected chi connectivity index (χ4v) is 2.13. The van der Waals surface area contributed by atoms with Crippen molar-refractivity contribution in [2.75, 3.05) is 41.3 Å². The van der Waals surface area contributed by atoms with Crippen LogP contribution in [0, 0.1) is 5.41 Å². The lowest BCUT2D eigenvalue weighted by Gasteiger charge is -2.27. The molecule has 0 aromatic carbocycles. The molecule has 0 heterocycles. The Kier molecular flexibility index (Phi) is 16.5. The number of carbonyl (C=O) groups is 3. The van der Waals surface area contributed by atoms with E-state index >= 15 is 0 Å². The third-order valence-electron chi connectivity index (χ3n) is 3.99. The van der Waals surface area contributed by atoms with Crippen LogP contribution in [-0.4, -0.2) is 89.3 Å². The lowest BCUT2D eigenvalue weighted by Crippen LogP contribution is -2.30. The summed E-state index contributed by atoms with van der Waals surface area (Å²) in [5.74, 6) is -0.775. The summed E-state index contributed by atoms with van der Waals surface area (Å²) >= 11 is 0. The first-order chi connectivity index (χ1) is 12.6. The van der Waals surface area contributed by atoms with Crippen LogP contribution in [-0.2, 0) is 23.8 Å². The van der Waals surface area contributed by atoms with Gasteiger partial charge < -0.3 is 24.3 Å². The molecule has 1 aliphatic carbocycles. The SMILES string of the molecule is CC1(C(=O)O)CC/C=C/C(OC=O)CC1.CN(C)CCN(C)C.[B]OC=O. The number of ether oxygens (including phenoxy) is 1. The van der Waals surface area contributed by atoms with Crippen molar-refractivity contribution in [1.29, 1.82) is 0 Å². The Labute approximate surface area is 163 Å². The minimum atomic E-state index is -0.775. The molecule has 2 unspecified atom stereocenters. The molecule has 0 aromatic rings. The topological polar surface area (TPSA) is 96.4 Å². The highest BCUT2D eigenvalue weighted by Gasteiger charge is 2.33. The predicted octanol–water partition coefficient (Wildman–Crippen LogP) is 1.10. The monoisotopic (exact) mass is 384 g/mol. The second kappa shape index (κ2) is 16.3. The summed E-state index contributed by atoms with van der Waals surface area (Å²) in [4.78, 5) is 34.5. The average Bonchev–Trinajstić information content (AvgIpc) is 2.60. The molecule has 1 rings (SSSR count). The van der Waals surface area contributed by atoms with Gasteiger partial charge in [0.1, 0.15) is 6.10 Å². The minimum absolute atomic E-state index is 0.153. The first-order valence-electron chi connectivity index (χ1n) is 8.70. The van der Waals surface area contributed by atoms with Crippen molar-refractivity contribution >= 4 is 27.0 Å². The molecule has 0 saturated carbocycles. The second-order valence-corrected chi connectivity index (χ2v) is 6.98. The molecule has 27 heavy (non-hydrogen) atoms. The van der Waals surface area contributed by atoms with Gasteiger partial charge in [-0.2, -0.15) is 0 Å². The predicted molar refractivity (Wildman–Crippen MR) is 104 cm³/mol. The summed E-state index contributed by atoms with van der Waals surface area (Å²) in [6, 6.07) is 0. The largest absolute Gasteiger partial charge is 0.545 e. The Morgan fingerprint density at radius 1 is 1.19 bits per heavy atom. The molecule has 1 aliphatic rings. The van der Waals surface area contributed by atoms with Gasteiger partial charge in [0.2, 0.25) is 0 Å². The van der Waals surface area contributed by atoms with Crippen molar-refractivity contribution < 1.29 is 28.9 Å². The van der Waals surface area contributed by atoms with Crippen LogP contribution in [0.1, 0.15) is 32.6 Å². The zero-order valence-electron chi connectivity index (χ0n) is 17.1. The van der Waals surface area contributed by atoms with Crippen molar-refractivity contribution in [2.45, 2.75) is 38.7 Å². The Balaban J connectivity index is 0. The molecular formula is C18H33BN2O6. The van der Waals surface area contributed by atoms with E-state index < -0.39 is 11.4 Å². The second-order valence-electron chi connectivity index (χ2n) is 6.98. The summed E-state index contributed by atoms with van der Waals surface area (Å²) in [5.41, 5.74) is -0.699. The highest BCUT2D eigenvalue weighted by atomic mass is 16.5. The molecule has 0 amide bonds. The number of carboxylic acid groups (broad SMARTS) is 1. The molecular weight excluding hydrogens is 351 g/mol. The third-order valence-corrected chi connectivity index (χ3v) is 3.99. The van der Waals surface area contributed by atoms with Crippen LogP contribution in [0.25, 0.3) is 0 Å². The summed E-state index contributed by atoms with van der Waals surface area (Å²) in [6.07, 6.45) is 5.88. The van der Waals surface area contributed by atoms with Gasteiger partial charge in [-0.25, -0.2) is 0 Å². The van der Waals surface area contributed by atoms with E-state index in [2.05, 4.69) is 50.7 Å². The van der Waals surface area contributed by atoms with Crippen molar-refractivity contribution in [3.63, 3.8) is 0 Å². The quantitative estimate of drug-likeness (QED) is 0.396. The van der Waals surface area contributed by atoms with Crippen LogP contribution in [0.3, 0.4) is 0 Å². The molecule has 9 heteroatoms. The van der Waals surface area contributed by atoms with Crippen LogP contribution in [0.4, 0.5) is 0 Å². The zero-order chi connectivity index (χ0) is 21.3. The minimum Gasteiger partial charge on any atom is -0.545 e. The van der Waals surface area contributed by atoms with Gasteiger partial charge in [-0.3, -0.25) is 14.4 Å². The van der Waals surface area contributed by atoms with E-state index in [1.54, 1.807) is 6.92 Å². The number of nitrogens with zero attached hydrogens (tertiary/aromatic N) is 2. The van der Waals surface area contributed by atoms with E-state index in [9.17, 15) is 9.59 Å². The molecule has 0 aromatic heterocycles. The van der Waals surface area contributed by atoms with E-state index in [1.807, 2.05) is 12.2 Å². The molecule has 2 atom stereocenters. The fraction of sp³-hybridized carbons (Fsp3) is 0.722. The van der Waals surface area contributed by atoms with Crippen LogP contribution in [0.5, 0.6) is 0 Å². The lowest BCUT2D eigenvalue weighted by molar-refractivity contribution is -0.149. The molecule has 2 radical (unpaired) electrons. The highest BCUT2D eigenvalue weighted by Crippen LogP contribution is 2.32. The molecule has 154 valence electrons. The molecule has 0 saturated heterocycles. The molecule has 0 fully saturated rings. The molecule has 0 spiro atoms. The first-order valence-corrected chi connectivity index (χ1v) is 8.70. The summed E-state index contributed by atoms with van der Waals surface area (Å²) in [7, 11) is 12.5. The smallest absolute Gasteiger partial charge is 0.377 e. The van der Waals surface area contributed by atoms with E-state index in [1.165, 1.54) is 0 Å². The van der Waals surface area contributed by atoms with Gasteiger partial charge in [0.15, 0.2) is 0 Å². The lowest BCUT2D eigenvalue weighted by atomic mass is 9.79. The number of rotatable bonds is 7. The van der Waals surface area contributed by atoms with Crippen LogP contribution >= 0.6 is 0 Å². The highest BCUT2D eigenvalue weighted by molar-refractivity contribution is 6.01. The maximum Gasteiger partial charge on any atom is 0.377 e. The third kappa shape index (κ3) is 16.1. The molecule has 1 N–H and O–H groups in total. The molecule has 8 nitrogen and oxygen atoms in total. The van der Waals surface area contributed by atoms with Gasteiger partial charge in [-0.1, -0.05) is 6.08 Å². The maximum atomic E-state index is 11.1. The number of carbonyl (C=O) groups excluding carboxylic acids is 2. The van der Waals surface area contributed by atoms with Crippen molar-refractivity contribution in [3.05, 3.63) is 12.2 Å². The summed E-state index contributed by atoms with van der Waals surface area (Å²) < 4.78 is 8.19. The fourth-order valence-electron chi connectivity index (χ4n) is 2.13. The number of allylic oxidation sites excluding steroid dienone is 1. The van der Waals surface area contributed by atoms with Crippen LogP contribution in [0.2, 0.25) is 0 Å². The van der Waals surface area contributed by atoms with Gasteiger partial charge in [-0.05, 0) is 66.9 Å².